The highest BCUT2D eigenvalue weighted by Crippen LogP contribution is 2.43. The van der Waals surface area contributed by atoms with Crippen molar-refractivity contribution in [2.75, 3.05) is 19.8 Å². The summed E-state index contributed by atoms with van der Waals surface area (Å²) in [4.78, 5) is 45.8. The first-order chi connectivity index (χ1) is 25.1. The fraction of sp³-hybridized carbons (Fsp3) is 0.825. The molecule has 1 unspecified atom stereocenters. The van der Waals surface area contributed by atoms with Gasteiger partial charge < -0.3 is 25.2 Å². The molecule has 0 fully saturated rings. The van der Waals surface area contributed by atoms with Crippen LogP contribution in [0.4, 0.5) is 0 Å². The van der Waals surface area contributed by atoms with Crippen molar-refractivity contribution in [1.82, 2.24) is 0 Å². The van der Waals surface area contributed by atoms with E-state index in [1.807, 2.05) is 0 Å². The Hall–Kier alpha value is -2.04. The van der Waals surface area contributed by atoms with Gasteiger partial charge in [0, 0.05) is 12.8 Å². The fourth-order valence-corrected chi connectivity index (χ4v) is 6.17. The van der Waals surface area contributed by atoms with Gasteiger partial charge in [0.25, 0.3) is 0 Å². The molecule has 0 aliphatic carbocycles. The van der Waals surface area contributed by atoms with Gasteiger partial charge in [0.15, 0.2) is 6.10 Å². The number of esters is 2. The second-order valence-corrected chi connectivity index (χ2v) is 15.2. The minimum absolute atomic E-state index is 0.152. The van der Waals surface area contributed by atoms with Gasteiger partial charge >= 0.3 is 25.7 Å². The molecule has 52 heavy (non-hydrogen) atoms. The molecule has 3 atom stereocenters. The van der Waals surface area contributed by atoms with Crippen LogP contribution in [0.15, 0.2) is 24.3 Å². The van der Waals surface area contributed by atoms with E-state index >= 15 is 0 Å². The Morgan fingerprint density at radius 3 is 1.46 bits per heavy atom. The molecule has 4 N–H and O–H groups in total. The average molecular weight is 760 g/mol. The van der Waals surface area contributed by atoms with Gasteiger partial charge in [-0.3, -0.25) is 23.4 Å². The van der Waals surface area contributed by atoms with Crippen molar-refractivity contribution in [2.45, 2.75) is 193 Å². The lowest BCUT2D eigenvalue weighted by molar-refractivity contribution is -0.161. The van der Waals surface area contributed by atoms with Gasteiger partial charge in [-0.15, -0.1) is 0 Å². The summed E-state index contributed by atoms with van der Waals surface area (Å²) in [5.41, 5.74) is 5.32. The van der Waals surface area contributed by atoms with Crippen molar-refractivity contribution in [3.8, 4) is 0 Å². The van der Waals surface area contributed by atoms with Crippen molar-refractivity contribution in [3.63, 3.8) is 0 Å². The number of hydrogen-bond acceptors (Lipinski definition) is 9. The minimum Gasteiger partial charge on any atom is -0.480 e. The first-order valence-corrected chi connectivity index (χ1v) is 21.9. The quantitative estimate of drug-likeness (QED) is 0.0237. The van der Waals surface area contributed by atoms with Crippen LogP contribution in [0.1, 0.15) is 181 Å². The van der Waals surface area contributed by atoms with Crippen LogP contribution in [-0.2, 0) is 37.5 Å². The van der Waals surface area contributed by atoms with Crippen LogP contribution < -0.4 is 5.73 Å². The molecular weight excluding hydrogens is 685 g/mol. The summed E-state index contributed by atoms with van der Waals surface area (Å²) in [6, 6.07) is -1.52. The molecule has 0 heterocycles. The Morgan fingerprint density at radius 1 is 0.577 bits per heavy atom. The van der Waals surface area contributed by atoms with E-state index in [1.165, 1.54) is 83.5 Å². The normalized spacial score (nSPS) is 14.1. The molecule has 0 radical (unpaired) electrons. The fourth-order valence-electron chi connectivity index (χ4n) is 5.39. The molecule has 0 saturated heterocycles. The number of rotatable bonds is 38. The SMILES string of the molecule is CCCC/C=C/CCCCCCCC(=O)O[C@@H](COC(=O)CCCCCCCCCCC/C=C/CCCCCC)COP(=O)(O)OC[C@@H](N)C(=O)O. The Balaban J connectivity index is 4.35. The molecular formula is C40H74NO10P. The van der Waals surface area contributed by atoms with E-state index in [9.17, 15) is 23.8 Å². The summed E-state index contributed by atoms with van der Waals surface area (Å²) in [5.74, 6) is -2.39. The highest BCUT2D eigenvalue weighted by atomic mass is 31.2. The second-order valence-electron chi connectivity index (χ2n) is 13.8. The summed E-state index contributed by atoms with van der Waals surface area (Å²) in [6.07, 6.45) is 35.3. The highest BCUT2D eigenvalue weighted by molar-refractivity contribution is 7.47. The maximum absolute atomic E-state index is 12.5. The highest BCUT2D eigenvalue weighted by Gasteiger charge is 2.28. The van der Waals surface area contributed by atoms with Gasteiger partial charge in [-0.05, 0) is 57.8 Å². The maximum Gasteiger partial charge on any atom is 0.472 e. The van der Waals surface area contributed by atoms with Crippen LogP contribution in [-0.4, -0.2) is 59.9 Å². The molecule has 0 aliphatic heterocycles. The second kappa shape index (κ2) is 36.0. The van der Waals surface area contributed by atoms with Gasteiger partial charge in [0.05, 0.1) is 13.2 Å². The minimum atomic E-state index is -4.71. The number of carboxylic acids is 1. The van der Waals surface area contributed by atoms with E-state index in [0.717, 1.165) is 57.8 Å². The van der Waals surface area contributed by atoms with E-state index in [1.54, 1.807) is 0 Å². The number of carboxylic acid groups (broad SMARTS) is 1. The molecule has 0 rings (SSSR count). The largest absolute Gasteiger partial charge is 0.480 e. The first-order valence-electron chi connectivity index (χ1n) is 20.4. The number of carbonyl (C=O) groups excluding carboxylic acids is 2. The topological polar surface area (TPSA) is 172 Å². The number of ether oxygens (including phenoxy) is 2. The number of allylic oxidation sites excluding steroid dienone is 4. The predicted octanol–water partition coefficient (Wildman–Crippen LogP) is 10.3. The maximum atomic E-state index is 12.5. The van der Waals surface area contributed by atoms with Gasteiger partial charge in [0.2, 0.25) is 0 Å². The van der Waals surface area contributed by atoms with Crippen LogP contribution in [0.2, 0.25) is 0 Å². The van der Waals surface area contributed by atoms with Crippen LogP contribution in [0, 0.1) is 0 Å². The van der Waals surface area contributed by atoms with E-state index < -0.39 is 51.1 Å². The van der Waals surface area contributed by atoms with Crippen molar-refractivity contribution < 1.29 is 47.5 Å². The van der Waals surface area contributed by atoms with E-state index in [0.29, 0.717) is 12.8 Å². The smallest absolute Gasteiger partial charge is 0.472 e. The molecule has 0 aromatic carbocycles. The molecule has 0 aromatic heterocycles. The Labute approximate surface area is 315 Å². The lowest BCUT2D eigenvalue weighted by Gasteiger charge is -2.20. The number of phosphoric ester groups is 1. The van der Waals surface area contributed by atoms with E-state index in [2.05, 4.69) is 42.7 Å². The van der Waals surface area contributed by atoms with Crippen molar-refractivity contribution in [1.29, 1.82) is 0 Å². The van der Waals surface area contributed by atoms with Crippen LogP contribution in [0.3, 0.4) is 0 Å². The number of aliphatic carboxylic acids is 1. The Morgan fingerprint density at radius 2 is 0.981 bits per heavy atom. The van der Waals surface area contributed by atoms with Gasteiger partial charge in [0.1, 0.15) is 12.6 Å². The van der Waals surface area contributed by atoms with Crippen molar-refractivity contribution in [3.05, 3.63) is 24.3 Å². The molecule has 0 spiro atoms. The summed E-state index contributed by atoms with van der Waals surface area (Å²) >= 11 is 0. The van der Waals surface area contributed by atoms with Crippen LogP contribution >= 0.6 is 7.82 Å². The standard InChI is InChI=1S/C40H74NO10P/c1-3-5-7-9-11-13-15-16-17-18-19-20-22-23-25-27-29-31-38(42)48-33-36(34-49-52(46,47)50-35-37(41)40(44)45)51-39(43)32-30-28-26-24-21-14-12-10-8-6-4-2/h10,12-13,15,36-37H,3-9,11,14,16-35,41H2,1-2H3,(H,44,45)(H,46,47)/b12-10+,15-13+/t36-,37+/m0/s1. The predicted molar refractivity (Wildman–Crippen MR) is 208 cm³/mol. The summed E-state index contributed by atoms with van der Waals surface area (Å²) in [7, 11) is -4.71. The third-order valence-corrected chi connectivity index (χ3v) is 9.62. The zero-order valence-electron chi connectivity index (χ0n) is 32.7. The Kier molecular flexibility index (Phi) is 34.6. The first kappa shape index (κ1) is 50.0. The van der Waals surface area contributed by atoms with Crippen molar-refractivity contribution in [2.24, 2.45) is 5.73 Å². The third kappa shape index (κ3) is 35.0. The van der Waals surface area contributed by atoms with Gasteiger partial charge in [-0.25, -0.2) is 4.57 Å². The molecule has 12 heteroatoms. The summed E-state index contributed by atoms with van der Waals surface area (Å²) in [6.45, 7) is 2.73. The average Bonchev–Trinajstić information content (AvgIpc) is 3.12. The lowest BCUT2D eigenvalue weighted by atomic mass is 10.1. The molecule has 0 aliphatic rings. The number of hydrogen-bond donors (Lipinski definition) is 3. The summed E-state index contributed by atoms with van der Waals surface area (Å²) < 4.78 is 32.6. The Bertz CT molecular complexity index is 989. The number of nitrogens with two attached hydrogens (primary N) is 1. The number of phosphoric acid groups is 1. The number of carbonyl (C=O) groups is 3. The van der Waals surface area contributed by atoms with Crippen molar-refractivity contribution >= 4 is 25.7 Å². The van der Waals surface area contributed by atoms with Crippen LogP contribution in [0.25, 0.3) is 0 Å². The zero-order chi connectivity index (χ0) is 38.5. The molecule has 0 saturated carbocycles. The molecule has 11 nitrogen and oxygen atoms in total. The molecule has 304 valence electrons. The zero-order valence-corrected chi connectivity index (χ0v) is 33.5. The van der Waals surface area contributed by atoms with Gasteiger partial charge in [-0.1, -0.05) is 134 Å². The molecule has 0 amide bonds. The number of unbranched alkanes of at least 4 members (excludes halogenated alkanes) is 20. The monoisotopic (exact) mass is 760 g/mol. The molecule has 0 bridgehead atoms. The van der Waals surface area contributed by atoms with Gasteiger partial charge in [-0.2, -0.15) is 0 Å². The van der Waals surface area contributed by atoms with E-state index in [-0.39, 0.29) is 19.4 Å². The summed E-state index contributed by atoms with van der Waals surface area (Å²) in [5, 5.41) is 8.86. The lowest BCUT2D eigenvalue weighted by Crippen LogP contribution is -2.34. The third-order valence-electron chi connectivity index (χ3n) is 8.67. The van der Waals surface area contributed by atoms with Crippen LogP contribution in [0.5, 0.6) is 0 Å². The molecule has 0 aromatic rings. The van der Waals surface area contributed by atoms with E-state index in [4.69, 9.17) is 24.8 Å².